The van der Waals surface area contributed by atoms with E-state index in [1.165, 1.54) is 18.4 Å². The summed E-state index contributed by atoms with van der Waals surface area (Å²) in [6.45, 7) is 0.656. The summed E-state index contributed by atoms with van der Waals surface area (Å²) in [5.74, 6) is 0.467. The maximum atomic E-state index is 13.1. The van der Waals surface area contributed by atoms with E-state index >= 15 is 0 Å². The van der Waals surface area contributed by atoms with E-state index in [4.69, 9.17) is 8.94 Å². The highest BCUT2D eigenvalue weighted by Gasteiger charge is 2.31. The Morgan fingerprint density at radius 3 is 2.77 bits per heavy atom. The quantitative estimate of drug-likeness (QED) is 0.676. The zero-order chi connectivity index (χ0) is 17.9. The minimum absolute atomic E-state index is 0.131. The zero-order valence-corrected chi connectivity index (χ0v) is 14.2. The molecule has 1 aromatic carbocycles. The first-order chi connectivity index (χ1) is 12.7. The summed E-state index contributed by atoms with van der Waals surface area (Å²) < 4.78 is 23.9. The van der Waals surface area contributed by atoms with Gasteiger partial charge >= 0.3 is 0 Å². The average molecular weight is 354 g/mol. The van der Waals surface area contributed by atoms with Crippen LogP contribution in [0.4, 0.5) is 4.39 Å². The molecule has 1 aliphatic heterocycles. The summed E-state index contributed by atoms with van der Waals surface area (Å²) in [5.41, 5.74) is 1.47. The van der Waals surface area contributed by atoms with Crippen molar-refractivity contribution in [2.24, 2.45) is 0 Å². The van der Waals surface area contributed by atoms with Crippen LogP contribution >= 0.6 is 0 Å². The van der Waals surface area contributed by atoms with Crippen molar-refractivity contribution in [3.63, 3.8) is 0 Å². The molecule has 0 unspecified atom stereocenters. The molecule has 3 aromatic rings. The number of likely N-dealkylation sites (tertiary alicyclic amines) is 1. The number of nitrogens with zero attached hydrogens (tertiary/aromatic N) is 2. The summed E-state index contributed by atoms with van der Waals surface area (Å²) in [6.07, 6.45) is 5.36. The maximum absolute atomic E-state index is 13.1. The summed E-state index contributed by atoms with van der Waals surface area (Å²) in [7, 11) is 0. The Hall–Kier alpha value is -2.89. The number of amides is 1. The van der Waals surface area contributed by atoms with Gasteiger partial charge in [-0.05, 0) is 49.2 Å². The van der Waals surface area contributed by atoms with Crippen molar-refractivity contribution in [3.05, 3.63) is 66.0 Å². The zero-order valence-electron chi connectivity index (χ0n) is 14.2. The fourth-order valence-corrected chi connectivity index (χ4v) is 3.40. The van der Waals surface area contributed by atoms with Gasteiger partial charge in [0.1, 0.15) is 11.5 Å². The van der Waals surface area contributed by atoms with Crippen LogP contribution in [0, 0.1) is 5.82 Å². The van der Waals surface area contributed by atoms with Crippen LogP contribution < -0.4 is 0 Å². The molecular formula is C20H19FN2O3. The summed E-state index contributed by atoms with van der Waals surface area (Å²) >= 11 is 0. The van der Waals surface area contributed by atoms with E-state index in [0.717, 1.165) is 31.2 Å². The molecule has 1 fully saturated rings. The largest absolute Gasteiger partial charge is 0.459 e. The third-order valence-corrected chi connectivity index (χ3v) is 4.74. The fraction of sp³-hybridized carbons (Fsp3) is 0.300. The molecule has 0 aliphatic carbocycles. The molecule has 0 radical (unpaired) electrons. The Bertz CT molecular complexity index is 871. The highest BCUT2D eigenvalue weighted by atomic mass is 19.1. The van der Waals surface area contributed by atoms with Crippen LogP contribution in [0.15, 0.2) is 57.7 Å². The number of benzene rings is 1. The SMILES string of the molecule is O=C(c1ccco1)N1CCCCC[C@@H]1c1cc(-c2ccc(F)cc2)on1. The molecule has 5 nitrogen and oxygen atoms in total. The van der Waals surface area contributed by atoms with Gasteiger partial charge < -0.3 is 13.8 Å². The second-order valence-electron chi connectivity index (χ2n) is 6.46. The lowest BCUT2D eigenvalue weighted by atomic mass is 10.0. The molecule has 0 bridgehead atoms. The monoisotopic (exact) mass is 354 g/mol. The van der Waals surface area contributed by atoms with Gasteiger partial charge in [0.2, 0.25) is 0 Å². The Balaban J connectivity index is 1.63. The second-order valence-corrected chi connectivity index (χ2v) is 6.46. The number of carbonyl (C=O) groups is 1. The third-order valence-electron chi connectivity index (χ3n) is 4.74. The predicted octanol–water partition coefficient (Wildman–Crippen LogP) is 4.83. The topological polar surface area (TPSA) is 59.5 Å². The van der Waals surface area contributed by atoms with Gasteiger partial charge in [0.25, 0.3) is 5.91 Å². The summed E-state index contributed by atoms with van der Waals surface area (Å²) in [6, 6.07) is 11.1. The molecular weight excluding hydrogens is 335 g/mol. The second kappa shape index (κ2) is 7.15. The molecule has 26 heavy (non-hydrogen) atoms. The molecule has 1 atom stereocenters. The highest BCUT2D eigenvalue weighted by Crippen LogP contribution is 2.33. The van der Waals surface area contributed by atoms with E-state index in [0.29, 0.717) is 23.8 Å². The number of hydrogen-bond donors (Lipinski definition) is 0. The van der Waals surface area contributed by atoms with Crippen LogP contribution in [0.3, 0.4) is 0 Å². The fourth-order valence-electron chi connectivity index (χ4n) is 3.40. The van der Waals surface area contributed by atoms with E-state index in [2.05, 4.69) is 5.16 Å². The van der Waals surface area contributed by atoms with Gasteiger partial charge in [0.15, 0.2) is 11.5 Å². The van der Waals surface area contributed by atoms with Crippen LogP contribution in [0.25, 0.3) is 11.3 Å². The van der Waals surface area contributed by atoms with Crippen molar-refractivity contribution < 1.29 is 18.1 Å². The van der Waals surface area contributed by atoms with Gasteiger partial charge in [-0.3, -0.25) is 4.79 Å². The van der Waals surface area contributed by atoms with Gasteiger partial charge in [0.05, 0.1) is 12.3 Å². The van der Waals surface area contributed by atoms with Crippen LogP contribution in [0.2, 0.25) is 0 Å². The van der Waals surface area contributed by atoms with Gasteiger partial charge in [-0.15, -0.1) is 0 Å². The van der Waals surface area contributed by atoms with Crippen LogP contribution in [-0.4, -0.2) is 22.5 Å². The van der Waals surface area contributed by atoms with E-state index in [1.54, 1.807) is 24.3 Å². The molecule has 0 N–H and O–H groups in total. The molecule has 0 saturated carbocycles. The van der Waals surface area contributed by atoms with Gasteiger partial charge in [-0.25, -0.2) is 4.39 Å². The first-order valence-corrected chi connectivity index (χ1v) is 8.79. The van der Waals surface area contributed by atoms with Crippen LogP contribution in [0.1, 0.15) is 48.0 Å². The number of aromatic nitrogens is 1. The summed E-state index contributed by atoms with van der Waals surface area (Å²) in [5, 5.41) is 4.20. The molecule has 134 valence electrons. The number of hydrogen-bond acceptors (Lipinski definition) is 4. The van der Waals surface area contributed by atoms with Crippen molar-refractivity contribution in [3.8, 4) is 11.3 Å². The lowest BCUT2D eigenvalue weighted by Crippen LogP contribution is -2.34. The number of carbonyl (C=O) groups excluding carboxylic acids is 1. The van der Waals surface area contributed by atoms with Crippen molar-refractivity contribution in [1.29, 1.82) is 0 Å². The molecule has 1 amide bonds. The molecule has 2 aromatic heterocycles. The lowest BCUT2D eigenvalue weighted by Gasteiger charge is -2.27. The van der Waals surface area contributed by atoms with Crippen molar-refractivity contribution in [1.82, 2.24) is 10.1 Å². The first-order valence-electron chi connectivity index (χ1n) is 8.79. The average Bonchev–Trinajstić information content (AvgIpc) is 3.30. The molecule has 0 spiro atoms. The van der Waals surface area contributed by atoms with Crippen LogP contribution in [-0.2, 0) is 0 Å². The number of rotatable bonds is 3. The normalized spacial score (nSPS) is 17.9. The maximum Gasteiger partial charge on any atom is 0.290 e. The van der Waals surface area contributed by atoms with Crippen LogP contribution in [0.5, 0.6) is 0 Å². The standard InChI is InChI=1S/C20H19FN2O3/c21-15-9-7-14(8-10-15)19-13-16(22-26-19)17-5-2-1-3-11-23(17)20(24)18-6-4-12-25-18/h4,6-10,12-13,17H,1-3,5,11H2/t17-/m1/s1. The lowest BCUT2D eigenvalue weighted by molar-refractivity contribution is 0.0641. The van der Waals surface area contributed by atoms with Gasteiger partial charge in [0, 0.05) is 18.2 Å². The van der Waals surface area contributed by atoms with Gasteiger partial charge in [-0.1, -0.05) is 18.0 Å². The van der Waals surface area contributed by atoms with E-state index in [1.807, 2.05) is 11.0 Å². The Morgan fingerprint density at radius 2 is 2.00 bits per heavy atom. The predicted molar refractivity (Wildman–Crippen MR) is 92.9 cm³/mol. The molecule has 1 saturated heterocycles. The minimum atomic E-state index is -0.299. The smallest absolute Gasteiger partial charge is 0.290 e. The Morgan fingerprint density at radius 1 is 1.15 bits per heavy atom. The third kappa shape index (κ3) is 3.27. The van der Waals surface area contributed by atoms with Gasteiger partial charge in [-0.2, -0.15) is 0 Å². The van der Waals surface area contributed by atoms with Crippen molar-refractivity contribution in [2.75, 3.05) is 6.54 Å². The highest BCUT2D eigenvalue weighted by molar-refractivity contribution is 5.91. The Labute approximate surface area is 150 Å². The molecule has 3 heterocycles. The molecule has 1 aliphatic rings. The number of halogens is 1. The Kier molecular flexibility index (Phi) is 4.56. The van der Waals surface area contributed by atoms with E-state index in [9.17, 15) is 9.18 Å². The van der Waals surface area contributed by atoms with E-state index < -0.39 is 0 Å². The summed E-state index contributed by atoms with van der Waals surface area (Å²) in [4.78, 5) is 14.7. The molecule has 4 rings (SSSR count). The van der Waals surface area contributed by atoms with E-state index in [-0.39, 0.29) is 17.8 Å². The minimum Gasteiger partial charge on any atom is -0.459 e. The molecule has 6 heteroatoms. The van der Waals surface area contributed by atoms with Crippen molar-refractivity contribution in [2.45, 2.75) is 31.7 Å². The van der Waals surface area contributed by atoms with Crippen molar-refractivity contribution >= 4 is 5.91 Å². The number of furan rings is 1. The first kappa shape index (κ1) is 16.6.